The average Bonchev–Trinajstić information content (AvgIpc) is 3.01. The van der Waals surface area contributed by atoms with E-state index in [-0.39, 0.29) is 5.91 Å². The Morgan fingerprint density at radius 1 is 1.10 bits per heavy atom. The highest BCUT2D eigenvalue weighted by Gasteiger charge is 2.18. The van der Waals surface area contributed by atoms with E-state index in [2.05, 4.69) is 10.3 Å². The molecule has 1 fully saturated rings. The molecule has 20 heavy (non-hydrogen) atoms. The number of nitrogens with one attached hydrogen (secondary N) is 1. The van der Waals surface area contributed by atoms with Crippen LogP contribution in [-0.2, 0) is 0 Å². The Morgan fingerprint density at radius 3 is 2.65 bits per heavy atom. The zero-order chi connectivity index (χ0) is 13.8. The molecule has 0 radical (unpaired) electrons. The number of pyridine rings is 1. The van der Waals surface area contributed by atoms with Gasteiger partial charge in [0.05, 0.1) is 0 Å². The number of carbonyl (C=O) groups excluding carboxylic acids is 1. The molecule has 1 aromatic heterocycles. The van der Waals surface area contributed by atoms with Crippen molar-refractivity contribution >= 4 is 5.91 Å². The molecule has 3 nitrogen and oxygen atoms in total. The summed E-state index contributed by atoms with van der Waals surface area (Å²) in [5, 5.41) is 3.12. The SMILES string of the molecule is O=C(NC1CCCC1)c1cccc(-c2cccnc2)c1. The van der Waals surface area contributed by atoms with Crippen molar-refractivity contribution in [3.05, 3.63) is 54.4 Å². The lowest BCUT2D eigenvalue weighted by molar-refractivity contribution is 0.0938. The summed E-state index contributed by atoms with van der Waals surface area (Å²) >= 11 is 0. The predicted molar refractivity (Wildman–Crippen MR) is 79.4 cm³/mol. The number of amides is 1. The molecular formula is C17H18N2O. The number of carbonyl (C=O) groups is 1. The third kappa shape index (κ3) is 2.87. The molecule has 0 atom stereocenters. The Hall–Kier alpha value is -2.16. The first-order valence-corrected chi connectivity index (χ1v) is 7.14. The summed E-state index contributed by atoms with van der Waals surface area (Å²) in [5.41, 5.74) is 2.78. The van der Waals surface area contributed by atoms with Crippen molar-refractivity contribution in [1.29, 1.82) is 0 Å². The van der Waals surface area contributed by atoms with Gasteiger partial charge >= 0.3 is 0 Å². The minimum Gasteiger partial charge on any atom is -0.349 e. The van der Waals surface area contributed by atoms with Gasteiger partial charge in [-0.05, 0) is 36.6 Å². The van der Waals surface area contributed by atoms with Crippen molar-refractivity contribution in [2.24, 2.45) is 0 Å². The second-order valence-corrected chi connectivity index (χ2v) is 5.28. The zero-order valence-electron chi connectivity index (χ0n) is 11.4. The van der Waals surface area contributed by atoms with Gasteiger partial charge in [-0.25, -0.2) is 0 Å². The van der Waals surface area contributed by atoms with Gasteiger partial charge < -0.3 is 5.32 Å². The molecule has 0 bridgehead atoms. The van der Waals surface area contributed by atoms with Gasteiger partial charge in [0.1, 0.15) is 0 Å². The van der Waals surface area contributed by atoms with E-state index in [1.54, 1.807) is 6.20 Å². The molecule has 1 amide bonds. The Bertz CT molecular complexity index is 589. The lowest BCUT2D eigenvalue weighted by Crippen LogP contribution is -2.32. The lowest BCUT2D eigenvalue weighted by atomic mass is 10.0. The second kappa shape index (κ2) is 5.87. The molecule has 3 heteroatoms. The van der Waals surface area contributed by atoms with Crippen molar-refractivity contribution in [1.82, 2.24) is 10.3 Å². The maximum absolute atomic E-state index is 12.3. The molecule has 1 N–H and O–H groups in total. The van der Waals surface area contributed by atoms with Gasteiger partial charge in [-0.15, -0.1) is 0 Å². The smallest absolute Gasteiger partial charge is 0.251 e. The molecular weight excluding hydrogens is 248 g/mol. The number of aromatic nitrogens is 1. The van der Waals surface area contributed by atoms with Crippen molar-refractivity contribution in [2.45, 2.75) is 31.7 Å². The Kier molecular flexibility index (Phi) is 3.77. The maximum Gasteiger partial charge on any atom is 0.251 e. The van der Waals surface area contributed by atoms with Gasteiger partial charge in [0.15, 0.2) is 0 Å². The molecule has 0 saturated heterocycles. The van der Waals surface area contributed by atoms with Gasteiger partial charge in [-0.2, -0.15) is 0 Å². The third-order valence-corrected chi connectivity index (χ3v) is 3.81. The van der Waals surface area contributed by atoms with Crippen LogP contribution < -0.4 is 5.32 Å². The van der Waals surface area contributed by atoms with Crippen LogP contribution in [0, 0.1) is 0 Å². The van der Waals surface area contributed by atoms with Crippen LogP contribution in [-0.4, -0.2) is 16.9 Å². The quantitative estimate of drug-likeness (QED) is 0.925. The highest BCUT2D eigenvalue weighted by Crippen LogP contribution is 2.21. The van der Waals surface area contributed by atoms with Gasteiger partial charge in [-0.3, -0.25) is 9.78 Å². The van der Waals surface area contributed by atoms with Crippen LogP contribution in [0.2, 0.25) is 0 Å². The topological polar surface area (TPSA) is 42.0 Å². The van der Waals surface area contributed by atoms with Crippen LogP contribution in [0.4, 0.5) is 0 Å². The molecule has 102 valence electrons. The van der Waals surface area contributed by atoms with E-state index >= 15 is 0 Å². The summed E-state index contributed by atoms with van der Waals surface area (Å²) in [6.07, 6.45) is 8.22. The normalized spacial score (nSPS) is 15.2. The number of hydrogen-bond donors (Lipinski definition) is 1. The van der Waals surface area contributed by atoms with Crippen molar-refractivity contribution < 1.29 is 4.79 Å². The first-order valence-electron chi connectivity index (χ1n) is 7.14. The van der Waals surface area contributed by atoms with Crippen molar-refractivity contribution in [3.8, 4) is 11.1 Å². The van der Waals surface area contributed by atoms with E-state index in [1.165, 1.54) is 12.8 Å². The predicted octanol–water partition coefficient (Wildman–Crippen LogP) is 3.42. The van der Waals surface area contributed by atoms with E-state index in [4.69, 9.17) is 0 Å². The highest BCUT2D eigenvalue weighted by molar-refractivity contribution is 5.95. The molecule has 1 saturated carbocycles. The summed E-state index contributed by atoms with van der Waals surface area (Å²) in [7, 11) is 0. The molecule has 3 rings (SSSR count). The zero-order valence-corrected chi connectivity index (χ0v) is 11.4. The fourth-order valence-electron chi connectivity index (χ4n) is 2.71. The van der Waals surface area contributed by atoms with Gasteiger partial charge in [0, 0.05) is 29.6 Å². The second-order valence-electron chi connectivity index (χ2n) is 5.28. The van der Waals surface area contributed by atoms with Crippen LogP contribution in [0.15, 0.2) is 48.8 Å². The molecule has 1 heterocycles. The van der Waals surface area contributed by atoms with Crippen LogP contribution >= 0.6 is 0 Å². The minimum atomic E-state index is 0.0302. The Morgan fingerprint density at radius 2 is 1.90 bits per heavy atom. The fraction of sp³-hybridized carbons (Fsp3) is 0.294. The molecule has 1 aliphatic rings. The van der Waals surface area contributed by atoms with Crippen LogP contribution in [0.3, 0.4) is 0 Å². The summed E-state index contributed by atoms with van der Waals surface area (Å²) in [5.74, 6) is 0.0302. The summed E-state index contributed by atoms with van der Waals surface area (Å²) < 4.78 is 0. The van der Waals surface area contributed by atoms with Gasteiger partial charge in [-0.1, -0.05) is 31.0 Å². The molecule has 1 aromatic carbocycles. The van der Waals surface area contributed by atoms with Gasteiger partial charge in [0.25, 0.3) is 5.91 Å². The summed E-state index contributed by atoms with van der Waals surface area (Å²) in [4.78, 5) is 16.4. The third-order valence-electron chi connectivity index (χ3n) is 3.81. The van der Waals surface area contributed by atoms with Crippen molar-refractivity contribution in [2.75, 3.05) is 0 Å². The van der Waals surface area contributed by atoms with E-state index in [9.17, 15) is 4.79 Å². The van der Waals surface area contributed by atoms with Crippen LogP contribution in [0.1, 0.15) is 36.0 Å². The van der Waals surface area contributed by atoms with E-state index in [1.807, 2.05) is 42.6 Å². The largest absolute Gasteiger partial charge is 0.349 e. The number of benzene rings is 1. The van der Waals surface area contributed by atoms with Gasteiger partial charge in [0.2, 0.25) is 0 Å². The Balaban J connectivity index is 1.78. The summed E-state index contributed by atoms with van der Waals surface area (Å²) in [6.45, 7) is 0. The fourth-order valence-corrected chi connectivity index (χ4v) is 2.71. The first kappa shape index (κ1) is 12.9. The standard InChI is InChI=1S/C17H18N2O/c20-17(19-16-8-1-2-9-16)14-6-3-5-13(11-14)15-7-4-10-18-12-15/h3-7,10-12,16H,1-2,8-9H2,(H,19,20). The van der Waals surface area contributed by atoms with Crippen LogP contribution in [0.25, 0.3) is 11.1 Å². The number of rotatable bonds is 3. The van der Waals surface area contributed by atoms with E-state index < -0.39 is 0 Å². The molecule has 1 aliphatic carbocycles. The van der Waals surface area contributed by atoms with Crippen molar-refractivity contribution in [3.63, 3.8) is 0 Å². The van der Waals surface area contributed by atoms with E-state index in [0.29, 0.717) is 6.04 Å². The maximum atomic E-state index is 12.3. The van der Waals surface area contributed by atoms with E-state index in [0.717, 1.165) is 29.5 Å². The monoisotopic (exact) mass is 266 g/mol. The molecule has 0 unspecified atom stereocenters. The van der Waals surface area contributed by atoms with Crippen LogP contribution in [0.5, 0.6) is 0 Å². The number of hydrogen-bond acceptors (Lipinski definition) is 2. The molecule has 0 aliphatic heterocycles. The average molecular weight is 266 g/mol. The summed E-state index contributed by atoms with van der Waals surface area (Å²) in [6, 6.07) is 12.0. The lowest BCUT2D eigenvalue weighted by Gasteiger charge is -2.12. The number of nitrogens with zero attached hydrogens (tertiary/aromatic N) is 1. The highest BCUT2D eigenvalue weighted by atomic mass is 16.1. The Labute approximate surface area is 119 Å². The molecule has 2 aromatic rings. The minimum absolute atomic E-state index is 0.0302. The first-order chi connectivity index (χ1) is 9.83. The molecule has 0 spiro atoms.